The molecule has 3 rings (SSSR count). The van der Waals surface area contributed by atoms with Gasteiger partial charge in [0.15, 0.2) is 6.19 Å². The second-order valence-electron chi connectivity index (χ2n) is 8.13. The lowest BCUT2D eigenvalue weighted by Crippen LogP contribution is -2.48. The maximum absolute atomic E-state index is 13.3. The normalized spacial score (nSPS) is 18.9. The highest BCUT2D eigenvalue weighted by Crippen LogP contribution is 2.29. The molecule has 7 nitrogen and oxygen atoms in total. The van der Waals surface area contributed by atoms with Gasteiger partial charge in [0.1, 0.15) is 5.69 Å². The number of carbonyl (C=O) groups excluding carboxylic acids is 2. The van der Waals surface area contributed by atoms with Crippen molar-refractivity contribution in [3.8, 4) is 6.19 Å². The van der Waals surface area contributed by atoms with Gasteiger partial charge in [0.25, 0.3) is 5.91 Å². The van der Waals surface area contributed by atoms with Crippen molar-refractivity contribution >= 4 is 34.3 Å². The number of halogens is 1. The third kappa shape index (κ3) is 4.61. The summed E-state index contributed by atoms with van der Waals surface area (Å²) in [7, 11) is 5.44. The van der Waals surface area contributed by atoms with Crippen LogP contribution in [0.2, 0.25) is 5.02 Å². The first-order chi connectivity index (χ1) is 14.3. The Morgan fingerprint density at radius 3 is 2.70 bits per heavy atom. The number of rotatable bonds is 6. The van der Waals surface area contributed by atoms with Gasteiger partial charge in [-0.1, -0.05) is 36.6 Å². The Labute approximate surface area is 182 Å². The zero-order valence-electron chi connectivity index (χ0n) is 17.7. The van der Waals surface area contributed by atoms with Crippen molar-refractivity contribution in [1.82, 2.24) is 19.7 Å². The molecule has 30 heavy (non-hydrogen) atoms. The largest absolute Gasteiger partial charge is 0.347 e. The number of amides is 2. The average Bonchev–Trinajstić information content (AvgIpc) is 3.11. The lowest BCUT2D eigenvalue weighted by molar-refractivity contribution is -0.133. The first kappa shape index (κ1) is 22.1. The highest BCUT2D eigenvalue weighted by atomic mass is 35.5. The van der Waals surface area contributed by atoms with Crippen LogP contribution in [0.5, 0.6) is 0 Å². The fourth-order valence-electron chi connectivity index (χ4n) is 4.14. The van der Waals surface area contributed by atoms with Crippen LogP contribution in [0.4, 0.5) is 0 Å². The summed E-state index contributed by atoms with van der Waals surface area (Å²) in [6.07, 6.45) is 5.13. The molecule has 1 aromatic heterocycles. The molecular formula is C22H28ClN5O2. The van der Waals surface area contributed by atoms with Crippen LogP contribution in [0.25, 0.3) is 10.9 Å². The lowest BCUT2D eigenvalue weighted by atomic mass is 9.83. The maximum atomic E-state index is 13.3. The predicted octanol–water partition coefficient (Wildman–Crippen LogP) is 3.08. The van der Waals surface area contributed by atoms with Crippen LogP contribution in [0.1, 0.15) is 36.2 Å². The van der Waals surface area contributed by atoms with E-state index in [1.807, 2.05) is 49.1 Å². The molecule has 8 heteroatoms. The van der Waals surface area contributed by atoms with Crippen molar-refractivity contribution in [2.75, 3.05) is 27.7 Å². The van der Waals surface area contributed by atoms with Crippen molar-refractivity contribution in [2.24, 2.45) is 5.92 Å². The molecule has 2 amide bonds. The Morgan fingerprint density at radius 2 is 2.00 bits per heavy atom. The zero-order chi connectivity index (χ0) is 21.8. The fraction of sp³-hybridized carbons (Fsp3) is 0.500. The number of para-hydroxylation sites is 1. The van der Waals surface area contributed by atoms with E-state index in [0.717, 1.165) is 41.6 Å². The van der Waals surface area contributed by atoms with Gasteiger partial charge in [-0.25, -0.2) is 0 Å². The second kappa shape index (κ2) is 9.50. The Bertz CT molecular complexity index is 978. The van der Waals surface area contributed by atoms with Crippen molar-refractivity contribution in [3.05, 3.63) is 35.0 Å². The van der Waals surface area contributed by atoms with E-state index in [-0.39, 0.29) is 23.8 Å². The SMILES string of the molecule is CN(C)CCn1c(C(=O)N[C@H]2CCCC[C@H]2C(=O)N(C)C#N)cc2cccc(Cl)c21. The number of carbonyl (C=O) groups is 2. The summed E-state index contributed by atoms with van der Waals surface area (Å²) in [5, 5.41) is 13.7. The number of nitrogens with zero attached hydrogens (tertiary/aromatic N) is 4. The van der Waals surface area contributed by atoms with Crippen molar-refractivity contribution < 1.29 is 9.59 Å². The van der Waals surface area contributed by atoms with Gasteiger partial charge < -0.3 is 14.8 Å². The van der Waals surface area contributed by atoms with E-state index in [2.05, 4.69) is 10.2 Å². The average molecular weight is 430 g/mol. The van der Waals surface area contributed by atoms with E-state index >= 15 is 0 Å². The number of nitrogens with one attached hydrogen (secondary N) is 1. The van der Waals surface area contributed by atoms with Gasteiger partial charge in [0.05, 0.1) is 16.5 Å². The third-order valence-electron chi connectivity index (χ3n) is 5.75. The predicted molar refractivity (Wildman–Crippen MR) is 117 cm³/mol. The molecule has 1 fully saturated rings. The molecule has 0 spiro atoms. The quantitative estimate of drug-likeness (QED) is 0.565. The second-order valence-corrected chi connectivity index (χ2v) is 8.54. The minimum Gasteiger partial charge on any atom is -0.347 e. The Kier molecular flexibility index (Phi) is 7.01. The van der Waals surface area contributed by atoms with Crippen LogP contribution in [-0.4, -0.2) is 59.9 Å². The summed E-state index contributed by atoms with van der Waals surface area (Å²) >= 11 is 6.46. The summed E-state index contributed by atoms with van der Waals surface area (Å²) in [5.74, 6) is -0.834. The molecule has 1 N–H and O–H groups in total. The molecule has 0 aliphatic heterocycles. The molecule has 0 saturated heterocycles. The number of aromatic nitrogens is 1. The van der Waals surface area contributed by atoms with Gasteiger partial charge in [0.2, 0.25) is 5.91 Å². The molecule has 2 atom stereocenters. The monoisotopic (exact) mass is 429 g/mol. The van der Waals surface area contributed by atoms with Gasteiger partial charge in [-0.15, -0.1) is 0 Å². The molecule has 0 radical (unpaired) electrons. The number of likely N-dealkylation sites (N-methyl/N-ethyl adjacent to an activating group) is 1. The number of nitriles is 1. The van der Waals surface area contributed by atoms with E-state index in [4.69, 9.17) is 16.9 Å². The first-order valence-corrected chi connectivity index (χ1v) is 10.6. The lowest BCUT2D eigenvalue weighted by Gasteiger charge is -2.32. The molecule has 2 aromatic rings. The highest BCUT2D eigenvalue weighted by Gasteiger charge is 2.34. The van der Waals surface area contributed by atoms with E-state index in [1.54, 1.807) is 0 Å². The minimum atomic E-state index is -0.379. The van der Waals surface area contributed by atoms with Crippen LogP contribution < -0.4 is 5.32 Å². The van der Waals surface area contributed by atoms with Crippen molar-refractivity contribution in [1.29, 1.82) is 5.26 Å². The first-order valence-electron chi connectivity index (χ1n) is 10.2. The Morgan fingerprint density at radius 1 is 1.27 bits per heavy atom. The summed E-state index contributed by atoms with van der Waals surface area (Å²) in [4.78, 5) is 29.0. The standard InChI is InChI=1S/C22H28ClN5O2/c1-26(2)11-12-28-19(13-15-7-6-9-17(23)20(15)28)21(29)25-18-10-5-4-8-16(18)22(30)27(3)14-24/h6-7,9,13,16,18H,4-5,8,10-12H2,1-3H3,(H,25,29)/t16-,18+/m1/s1. The highest BCUT2D eigenvalue weighted by molar-refractivity contribution is 6.35. The van der Waals surface area contributed by atoms with Crippen LogP contribution in [-0.2, 0) is 11.3 Å². The zero-order valence-corrected chi connectivity index (χ0v) is 18.4. The van der Waals surface area contributed by atoms with Gasteiger partial charge in [-0.05, 0) is 39.1 Å². The van der Waals surface area contributed by atoms with Crippen LogP contribution in [0.3, 0.4) is 0 Å². The van der Waals surface area contributed by atoms with Crippen LogP contribution in [0, 0.1) is 17.4 Å². The number of hydrogen-bond acceptors (Lipinski definition) is 4. The number of hydrogen-bond donors (Lipinski definition) is 1. The smallest absolute Gasteiger partial charge is 0.268 e. The molecule has 160 valence electrons. The van der Waals surface area contributed by atoms with E-state index in [0.29, 0.717) is 23.7 Å². The number of benzene rings is 1. The Balaban J connectivity index is 1.90. The van der Waals surface area contributed by atoms with Gasteiger partial charge >= 0.3 is 0 Å². The molecule has 1 aliphatic carbocycles. The molecule has 1 aliphatic rings. The minimum absolute atomic E-state index is 0.217. The summed E-state index contributed by atoms with van der Waals surface area (Å²) in [5.41, 5.74) is 1.37. The van der Waals surface area contributed by atoms with Gasteiger partial charge in [0, 0.05) is 31.6 Å². The van der Waals surface area contributed by atoms with E-state index < -0.39 is 0 Å². The third-order valence-corrected chi connectivity index (χ3v) is 6.06. The fourth-order valence-corrected chi connectivity index (χ4v) is 4.42. The molecule has 1 aromatic carbocycles. The summed E-state index contributed by atoms with van der Waals surface area (Å²) < 4.78 is 1.95. The molecule has 1 saturated carbocycles. The van der Waals surface area contributed by atoms with Crippen molar-refractivity contribution in [3.63, 3.8) is 0 Å². The molecule has 0 bridgehead atoms. The molecule has 1 heterocycles. The molecule has 0 unspecified atom stereocenters. The van der Waals surface area contributed by atoms with Crippen LogP contribution in [0.15, 0.2) is 24.3 Å². The summed E-state index contributed by atoms with van der Waals surface area (Å²) in [6, 6.07) is 7.21. The molecular weight excluding hydrogens is 402 g/mol. The van der Waals surface area contributed by atoms with Gasteiger partial charge in [-0.2, -0.15) is 5.26 Å². The van der Waals surface area contributed by atoms with Gasteiger partial charge in [-0.3, -0.25) is 14.5 Å². The summed E-state index contributed by atoms with van der Waals surface area (Å²) in [6.45, 7) is 1.37. The Hall–Kier alpha value is -2.56. The van der Waals surface area contributed by atoms with E-state index in [1.165, 1.54) is 7.05 Å². The van der Waals surface area contributed by atoms with E-state index in [9.17, 15) is 9.59 Å². The maximum Gasteiger partial charge on any atom is 0.268 e. The number of fused-ring (bicyclic) bond motifs is 1. The van der Waals surface area contributed by atoms with Crippen molar-refractivity contribution in [2.45, 2.75) is 38.3 Å². The topological polar surface area (TPSA) is 81.4 Å². The van der Waals surface area contributed by atoms with Crippen LogP contribution >= 0.6 is 11.6 Å².